The quantitative estimate of drug-likeness (QED) is 0.842. The highest BCUT2D eigenvalue weighted by molar-refractivity contribution is 5.10. The summed E-state index contributed by atoms with van der Waals surface area (Å²) in [6.07, 6.45) is 6.58. The maximum Gasteiger partial charge on any atom is 0.0951 e. The largest absolute Gasteiger partial charge is 0.330 e. The van der Waals surface area contributed by atoms with Gasteiger partial charge in [0.1, 0.15) is 0 Å². The fourth-order valence-electron chi connectivity index (χ4n) is 2.82. The number of piperazine rings is 1. The van der Waals surface area contributed by atoms with Crippen molar-refractivity contribution in [2.45, 2.75) is 24.9 Å². The van der Waals surface area contributed by atoms with Crippen molar-refractivity contribution in [3.05, 3.63) is 18.2 Å². The van der Waals surface area contributed by atoms with Crippen LogP contribution in [-0.4, -0.2) is 59.1 Å². The number of rotatable bonds is 4. The van der Waals surface area contributed by atoms with Crippen molar-refractivity contribution in [2.24, 2.45) is 5.73 Å². The molecule has 3 rings (SSSR count). The Morgan fingerprint density at radius 2 is 2.06 bits per heavy atom. The highest BCUT2D eigenvalue weighted by Crippen LogP contribution is 2.37. The molecule has 1 saturated carbocycles. The number of imidazole rings is 1. The molecule has 1 atom stereocenters. The third-order valence-corrected chi connectivity index (χ3v) is 4.18. The van der Waals surface area contributed by atoms with E-state index in [9.17, 15) is 0 Å². The molecule has 1 aliphatic heterocycles. The normalized spacial score (nSPS) is 24.3. The lowest BCUT2D eigenvalue weighted by Gasteiger charge is -2.37. The highest BCUT2D eigenvalue weighted by atomic mass is 15.3. The van der Waals surface area contributed by atoms with E-state index in [4.69, 9.17) is 5.73 Å². The molecular formula is C13H23N5. The van der Waals surface area contributed by atoms with E-state index >= 15 is 0 Å². The number of hydrogen-bond donors (Lipinski definition) is 1. The monoisotopic (exact) mass is 249 g/mol. The van der Waals surface area contributed by atoms with Crippen LogP contribution in [0.3, 0.4) is 0 Å². The van der Waals surface area contributed by atoms with Gasteiger partial charge < -0.3 is 15.2 Å². The molecule has 18 heavy (non-hydrogen) atoms. The van der Waals surface area contributed by atoms with Gasteiger partial charge in [0.05, 0.1) is 18.1 Å². The minimum absolute atomic E-state index is 0.335. The first kappa shape index (κ1) is 12.1. The molecule has 1 aliphatic carbocycles. The van der Waals surface area contributed by atoms with E-state index in [1.165, 1.54) is 18.5 Å². The van der Waals surface area contributed by atoms with Gasteiger partial charge in [0.25, 0.3) is 0 Å². The maximum atomic E-state index is 6.02. The molecule has 2 aliphatic rings. The Morgan fingerprint density at radius 1 is 1.33 bits per heavy atom. The number of likely N-dealkylation sites (N-methyl/N-ethyl adjacent to an activating group) is 1. The molecule has 2 N–H and O–H groups in total. The van der Waals surface area contributed by atoms with Gasteiger partial charge in [-0.3, -0.25) is 4.90 Å². The van der Waals surface area contributed by atoms with Crippen molar-refractivity contribution in [2.75, 3.05) is 39.8 Å². The van der Waals surface area contributed by atoms with Crippen LogP contribution >= 0.6 is 0 Å². The van der Waals surface area contributed by atoms with Crippen molar-refractivity contribution < 1.29 is 0 Å². The number of nitrogens with two attached hydrogens (primary N) is 1. The van der Waals surface area contributed by atoms with Crippen LogP contribution in [0, 0.1) is 0 Å². The summed E-state index contributed by atoms with van der Waals surface area (Å²) in [6, 6.07) is 1.02. The van der Waals surface area contributed by atoms with E-state index in [1.54, 1.807) is 0 Å². The van der Waals surface area contributed by atoms with Crippen LogP contribution in [0.4, 0.5) is 0 Å². The van der Waals surface area contributed by atoms with Gasteiger partial charge in [-0.1, -0.05) is 0 Å². The van der Waals surface area contributed by atoms with Crippen LogP contribution < -0.4 is 5.73 Å². The van der Waals surface area contributed by atoms with Crippen LogP contribution in [0.25, 0.3) is 0 Å². The second-order valence-corrected chi connectivity index (χ2v) is 5.55. The summed E-state index contributed by atoms with van der Waals surface area (Å²) >= 11 is 0. The van der Waals surface area contributed by atoms with Crippen molar-refractivity contribution in [3.8, 4) is 0 Å². The zero-order valence-corrected chi connectivity index (χ0v) is 11.1. The summed E-state index contributed by atoms with van der Waals surface area (Å²) in [5, 5.41) is 0. The molecule has 5 nitrogen and oxygen atoms in total. The molecule has 0 aromatic carbocycles. The van der Waals surface area contributed by atoms with Crippen molar-refractivity contribution in [3.63, 3.8) is 0 Å². The Morgan fingerprint density at radius 3 is 2.67 bits per heavy atom. The molecule has 1 aromatic rings. The Bertz CT molecular complexity index is 390. The zero-order valence-electron chi connectivity index (χ0n) is 11.1. The SMILES string of the molecule is CN1CCN(C(CN)c2cncn2C2CC2)CC1. The molecule has 0 spiro atoms. The van der Waals surface area contributed by atoms with Crippen molar-refractivity contribution >= 4 is 0 Å². The molecule has 100 valence electrons. The fourth-order valence-corrected chi connectivity index (χ4v) is 2.82. The standard InChI is InChI=1S/C13H23N5/c1-16-4-6-17(7-5-16)12(8-14)13-9-15-10-18(13)11-2-3-11/h9-12H,2-8,14H2,1H3. The third kappa shape index (κ3) is 2.30. The van der Waals surface area contributed by atoms with Crippen LogP contribution in [0.15, 0.2) is 12.5 Å². The van der Waals surface area contributed by atoms with Gasteiger partial charge in [0.15, 0.2) is 0 Å². The molecule has 1 saturated heterocycles. The average molecular weight is 249 g/mol. The first-order chi connectivity index (χ1) is 8.79. The van der Waals surface area contributed by atoms with Gasteiger partial charge in [0, 0.05) is 45.0 Å². The number of hydrogen-bond acceptors (Lipinski definition) is 4. The topological polar surface area (TPSA) is 50.3 Å². The van der Waals surface area contributed by atoms with Crippen molar-refractivity contribution in [1.29, 1.82) is 0 Å². The molecule has 2 fully saturated rings. The smallest absolute Gasteiger partial charge is 0.0951 e. The first-order valence-corrected chi connectivity index (χ1v) is 6.94. The lowest BCUT2D eigenvalue weighted by molar-refractivity contribution is 0.111. The average Bonchev–Trinajstić information content (AvgIpc) is 3.12. The van der Waals surface area contributed by atoms with E-state index in [2.05, 4.69) is 26.4 Å². The van der Waals surface area contributed by atoms with E-state index in [1.807, 2.05) is 12.5 Å². The van der Waals surface area contributed by atoms with Crippen LogP contribution in [-0.2, 0) is 0 Å². The summed E-state index contributed by atoms with van der Waals surface area (Å²) in [7, 11) is 2.18. The van der Waals surface area contributed by atoms with Gasteiger partial charge >= 0.3 is 0 Å². The molecule has 2 heterocycles. The summed E-state index contributed by atoms with van der Waals surface area (Å²) in [6.45, 7) is 5.16. The predicted octanol–water partition coefficient (Wildman–Crippen LogP) is 0.465. The number of nitrogens with zero attached hydrogens (tertiary/aromatic N) is 4. The van der Waals surface area contributed by atoms with Gasteiger partial charge in [-0.25, -0.2) is 4.98 Å². The molecule has 1 aromatic heterocycles. The molecule has 5 heteroatoms. The van der Waals surface area contributed by atoms with Crippen LogP contribution in [0.5, 0.6) is 0 Å². The fraction of sp³-hybridized carbons (Fsp3) is 0.769. The summed E-state index contributed by atoms with van der Waals surface area (Å²) in [4.78, 5) is 9.22. The lowest BCUT2D eigenvalue weighted by Crippen LogP contribution is -2.47. The molecule has 0 radical (unpaired) electrons. The second-order valence-electron chi connectivity index (χ2n) is 5.55. The highest BCUT2D eigenvalue weighted by Gasteiger charge is 2.30. The van der Waals surface area contributed by atoms with Gasteiger partial charge in [-0.15, -0.1) is 0 Å². The zero-order chi connectivity index (χ0) is 12.5. The summed E-state index contributed by atoms with van der Waals surface area (Å²) in [5.41, 5.74) is 7.33. The Hall–Kier alpha value is -0.910. The Kier molecular flexibility index (Phi) is 3.37. The van der Waals surface area contributed by atoms with E-state index < -0.39 is 0 Å². The first-order valence-electron chi connectivity index (χ1n) is 6.94. The minimum atomic E-state index is 0.335. The third-order valence-electron chi connectivity index (χ3n) is 4.18. The molecule has 1 unspecified atom stereocenters. The van der Waals surface area contributed by atoms with E-state index in [-0.39, 0.29) is 0 Å². The summed E-state index contributed by atoms with van der Waals surface area (Å²) in [5.74, 6) is 0. The molecule has 0 bridgehead atoms. The molecular weight excluding hydrogens is 226 g/mol. The van der Waals surface area contributed by atoms with Gasteiger partial charge in [0.2, 0.25) is 0 Å². The molecule has 0 amide bonds. The lowest BCUT2D eigenvalue weighted by atomic mass is 10.1. The Balaban J connectivity index is 1.76. The van der Waals surface area contributed by atoms with Crippen LogP contribution in [0.2, 0.25) is 0 Å². The van der Waals surface area contributed by atoms with E-state index in [0.29, 0.717) is 18.6 Å². The second kappa shape index (κ2) is 4.99. The van der Waals surface area contributed by atoms with Crippen LogP contribution in [0.1, 0.15) is 30.6 Å². The van der Waals surface area contributed by atoms with E-state index in [0.717, 1.165) is 26.2 Å². The number of aromatic nitrogens is 2. The minimum Gasteiger partial charge on any atom is -0.330 e. The van der Waals surface area contributed by atoms with Gasteiger partial charge in [-0.05, 0) is 19.9 Å². The maximum absolute atomic E-state index is 6.02. The summed E-state index contributed by atoms with van der Waals surface area (Å²) < 4.78 is 2.34. The van der Waals surface area contributed by atoms with Gasteiger partial charge in [-0.2, -0.15) is 0 Å². The van der Waals surface area contributed by atoms with Crippen molar-refractivity contribution in [1.82, 2.24) is 19.4 Å². The predicted molar refractivity (Wildman–Crippen MR) is 71.4 cm³/mol. The Labute approximate surface area is 109 Å².